The summed E-state index contributed by atoms with van der Waals surface area (Å²) in [5.41, 5.74) is -0.508. The van der Waals surface area contributed by atoms with Gasteiger partial charge in [-0.1, -0.05) is 29.8 Å². The van der Waals surface area contributed by atoms with Crippen LogP contribution in [0.4, 0.5) is 0 Å². The molecule has 5 rings (SSSR count). The summed E-state index contributed by atoms with van der Waals surface area (Å²) in [6.07, 6.45) is 5.91. The average Bonchev–Trinajstić information content (AvgIpc) is 2.83. The average molecular weight is 433 g/mol. The topological polar surface area (TPSA) is 46.2 Å². The molecule has 0 radical (unpaired) electrons. The number of unbranched alkanes of at least 4 members (excludes halogenated alkanes) is 1. The quantitative estimate of drug-likeness (QED) is 0.355. The van der Waals surface area contributed by atoms with Crippen LogP contribution >= 0.6 is 15.9 Å². The Kier molecular flexibility index (Phi) is 5.24. The maximum Gasteiger partial charge on any atom is 0.201 e. The molecule has 4 heterocycles. The van der Waals surface area contributed by atoms with E-state index < -0.39 is 23.5 Å². The predicted molar refractivity (Wildman–Crippen MR) is 100 cm³/mol. The number of fused-ring (bicyclic) bond motifs is 2. The standard InChI is InChI=1S/C20H33BrO5/c1-13-7-8-16-14(2)19(4,22-12-6-5-11-21)24-17-20(16)15(13)9-10-18(3,23-17)25-26-20/h13-17H,5-12H2,1-4H3/t13-,14-,15?,16+,17+,18+,19+,20-/m1/s1. The molecule has 0 aromatic rings. The van der Waals surface area contributed by atoms with Crippen molar-refractivity contribution in [2.45, 2.75) is 89.7 Å². The molecule has 0 aromatic heterocycles. The van der Waals surface area contributed by atoms with E-state index in [0.717, 1.165) is 37.4 Å². The van der Waals surface area contributed by atoms with Gasteiger partial charge >= 0.3 is 0 Å². The Labute approximate surface area is 165 Å². The molecular weight excluding hydrogens is 400 g/mol. The van der Waals surface area contributed by atoms with Crippen LogP contribution in [-0.2, 0) is 24.0 Å². The van der Waals surface area contributed by atoms with E-state index in [1.165, 1.54) is 6.42 Å². The number of alkyl halides is 1. The van der Waals surface area contributed by atoms with Crippen LogP contribution < -0.4 is 0 Å². The van der Waals surface area contributed by atoms with E-state index in [1.54, 1.807) is 0 Å². The number of ether oxygens (including phenoxy) is 3. The van der Waals surface area contributed by atoms with E-state index in [9.17, 15) is 0 Å². The lowest BCUT2D eigenvalue weighted by molar-refractivity contribution is -0.585. The van der Waals surface area contributed by atoms with Crippen LogP contribution in [0.5, 0.6) is 0 Å². The molecule has 0 N–H and O–H groups in total. The van der Waals surface area contributed by atoms with Crippen LogP contribution in [0.2, 0.25) is 0 Å². The lowest BCUT2D eigenvalue weighted by Crippen LogP contribution is -2.72. The molecule has 4 saturated heterocycles. The zero-order valence-corrected chi connectivity index (χ0v) is 18.0. The van der Waals surface area contributed by atoms with Crippen molar-refractivity contribution >= 4 is 15.9 Å². The third kappa shape index (κ3) is 2.91. The summed E-state index contributed by atoms with van der Waals surface area (Å²) in [6.45, 7) is 9.33. The molecule has 1 spiro atoms. The molecule has 150 valence electrons. The molecule has 5 fully saturated rings. The van der Waals surface area contributed by atoms with Gasteiger partial charge in [0.05, 0.1) is 6.61 Å². The second-order valence-corrected chi connectivity index (χ2v) is 9.87. The van der Waals surface area contributed by atoms with Crippen molar-refractivity contribution < 1.29 is 24.0 Å². The smallest absolute Gasteiger partial charge is 0.201 e. The summed E-state index contributed by atoms with van der Waals surface area (Å²) < 4.78 is 19.3. The Morgan fingerprint density at radius 3 is 2.58 bits per heavy atom. The van der Waals surface area contributed by atoms with Crippen LogP contribution in [0.3, 0.4) is 0 Å². The maximum absolute atomic E-state index is 6.56. The summed E-state index contributed by atoms with van der Waals surface area (Å²) in [6, 6.07) is 0. The number of hydrogen-bond donors (Lipinski definition) is 0. The van der Waals surface area contributed by atoms with Gasteiger partial charge in [-0.3, -0.25) is 0 Å². The van der Waals surface area contributed by atoms with Crippen molar-refractivity contribution in [2.24, 2.45) is 23.7 Å². The highest BCUT2D eigenvalue weighted by atomic mass is 79.9. The molecule has 8 atom stereocenters. The molecule has 0 aromatic carbocycles. The fraction of sp³-hybridized carbons (Fsp3) is 1.00. The molecule has 1 aliphatic carbocycles. The van der Waals surface area contributed by atoms with Crippen molar-refractivity contribution in [2.75, 3.05) is 11.9 Å². The summed E-state index contributed by atoms with van der Waals surface area (Å²) in [4.78, 5) is 12.0. The minimum atomic E-state index is -0.727. The number of halogens is 1. The first-order chi connectivity index (χ1) is 12.3. The fourth-order valence-electron chi connectivity index (χ4n) is 5.71. The Hall–Kier alpha value is 0.280. The lowest BCUT2D eigenvalue weighted by atomic mass is 9.57. The van der Waals surface area contributed by atoms with Crippen LogP contribution in [0.1, 0.15) is 66.2 Å². The first-order valence-corrected chi connectivity index (χ1v) is 11.4. The highest BCUT2D eigenvalue weighted by Gasteiger charge is 2.71. The summed E-state index contributed by atoms with van der Waals surface area (Å²) in [7, 11) is 0. The van der Waals surface area contributed by atoms with E-state index in [4.69, 9.17) is 24.0 Å². The Morgan fingerprint density at radius 1 is 1.00 bits per heavy atom. The van der Waals surface area contributed by atoms with Gasteiger partial charge in [0.25, 0.3) is 0 Å². The molecule has 5 aliphatic rings. The van der Waals surface area contributed by atoms with E-state index in [-0.39, 0.29) is 5.92 Å². The van der Waals surface area contributed by atoms with E-state index in [0.29, 0.717) is 24.4 Å². The maximum atomic E-state index is 6.56. The van der Waals surface area contributed by atoms with Gasteiger partial charge in [0.15, 0.2) is 17.7 Å². The van der Waals surface area contributed by atoms with Gasteiger partial charge in [-0.05, 0) is 57.8 Å². The monoisotopic (exact) mass is 432 g/mol. The van der Waals surface area contributed by atoms with Crippen LogP contribution in [0.25, 0.3) is 0 Å². The van der Waals surface area contributed by atoms with Crippen molar-refractivity contribution in [3.05, 3.63) is 0 Å². The summed E-state index contributed by atoms with van der Waals surface area (Å²) in [5.74, 6) is 0.132. The van der Waals surface area contributed by atoms with Gasteiger partial charge in [0.2, 0.25) is 5.79 Å². The van der Waals surface area contributed by atoms with Gasteiger partial charge in [-0.15, -0.1) is 0 Å². The SMILES string of the molecule is C[C@@H]1CC[C@H]2[C@@H](C)[C@@](C)(OCCCCBr)O[C@@H]3O[C@]4(C)CCC1[C@]32OO4. The van der Waals surface area contributed by atoms with Crippen molar-refractivity contribution in [3.63, 3.8) is 0 Å². The molecule has 4 aliphatic heterocycles. The lowest BCUT2D eigenvalue weighted by Gasteiger charge is -2.62. The molecule has 2 bridgehead atoms. The van der Waals surface area contributed by atoms with Gasteiger partial charge in [0.1, 0.15) is 0 Å². The summed E-state index contributed by atoms with van der Waals surface area (Å²) in [5, 5.41) is 1.00. The van der Waals surface area contributed by atoms with Crippen molar-refractivity contribution in [3.8, 4) is 0 Å². The molecule has 5 nitrogen and oxygen atoms in total. The Balaban J connectivity index is 1.64. The van der Waals surface area contributed by atoms with Crippen LogP contribution in [0.15, 0.2) is 0 Å². The minimum absolute atomic E-state index is 0.215. The number of rotatable bonds is 5. The third-order valence-electron chi connectivity index (χ3n) is 7.46. The van der Waals surface area contributed by atoms with Gasteiger partial charge in [-0.2, -0.15) is 0 Å². The Bertz CT molecular complexity index is 532. The van der Waals surface area contributed by atoms with Gasteiger partial charge in [-0.25, -0.2) is 9.78 Å². The number of hydrogen-bond acceptors (Lipinski definition) is 5. The van der Waals surface area contributed by atoms with Crippen molar-refractivity contribution in [1.29, 1.82) is 0 Å². The minimum Gasteiger partial charge on any atom is -0.350 e. The fourth-order valence-corrected chi connectivity index (χ4v) is 6.10. The Morgan fingerprint density at radius 2 is 1.81 bits per heavy atom. The third-order valence-corrected chi connectivity index (χ3v) is 8.02. The van der Waals surface area contributed by atoms with Gasteiger partial charge in [0, 0.05) is 23.6 Å². The van der Waals surface area contributed by atoms with Gasteiger partial charge < -0.3 is 14.2 Å². The zero-order chi connectivity index (χ0) is 18.6. The molecule has 26 heavy (non-hydrogen) atoms. The second-order valence-electron chi connectivity index (χ2n) is 9.08. The largest absolute Gasteiger partial charge is 0.350 e. The van der Waals surface area contributed by atoms with Crippen molar-refractivity contribution in [1.82, 2.24) is 0 Å². The first-order valence-electron chi connectivity index (χ1n) is 10.3. The van der Waals surface area contributed by atoms with E-state index in [2.05, 4.69) is 36.7 Å². The highest BCUT2D eigenvalue weighted by molar-refractivity contribution is 9.09. The van der Waals surface area contributed by atoms with Crippen LogP contribution in [0, 0.1) is 23.7 Å². The van der Waals surface area contributed by atoms with E-state index >= 15 is 0 Å². The van der Waals surface area contributed by atoms with E-state index in [1.807, 2.05) is 6.92 Å². The second kappa shape index (κ2) is 6.96. The molecule has 1 unspecified atom stereocenters. The summed E-state index contributed by atoms with van der Waals surface area (Å²) >= 11 is 3.49. The normalized spacial score (nSPS) is 53.2. The zero-order valence-electron chi connectivity index (χ0n) is 16.5. The molecule has 6 heteroatoms. The molecule has 1 saturated carbocycles. The molecule has 0 amide bonds. The molecular formula is C20H33BrO5. The van der Waals surface area contributed by atoms with Crippen LogP contribution in [-0.4, -0.2) is 35.4 Å². The first kappa shape index (κ1) is 19.6. The highest BCUT2D eigenvalue weighted by Crippen LogP contribution is 2.62. The predicted octanol–water partition coefficient (Wildman–Crippen LogP) is 4.78.